The minimum Gasteiger partial charge on any atom is -0.431 e. The first-order valence-corrected chi connectivity index (χ1v) is 8.99. The first kappa shape index (κ1) is 17.9. The average molecular weight is 341 g/mol. The molecule has 1 saturated heterocycles. The zero-order valence-corrected chi connectivity index (χ0v) is 15.2. The molecule has 2 aromatic rings. The lowest BCUT2D eigenvalue weighted by Gasteiger charge is -2.30. The molecule has 0 saturated carbocycles. The summed E-state index contributed by atoms with van der Waals surface area (Å²) in [6, 6.07) is 14.2. The molecule has 0 amide bonds. The minimum atomic E-state index is -0.679. The van der Waals surface area contributed by atoms with E-state index in [0.29, 0.717) is 0 Å². The molecule has 0 spiro atoms. The molecule has 1 aliphatic heterocycles. The van der Waals surface area contributed by atoms with Crippen LogP contribution in [0.3, 0.4) is 0 Å². The van der Waals surface area contributed by atoms with Gasteiger partial charge in [-0.15, -0.1) is 0 Å². The summed E-state index contributed by atoms with van der Waals surface area (Å²) < 4.78 is 12.0. The van der Waals surface area contributed by atoms with Crippen LogP contribution in [0.4, 0.5) is 0 Å². The number of hydrogen-bond acceptors (Lipinski definition) is 4. The van der Waals surface area contributed by atoms with Crippen LogP contribution in [-0.2, 0) is 14.3 Å². The van der Waals surface area contributed by atoms with Gasteiger partial charge in [-0.2, -0.15) is 0 Å². The maximum Gasteiger partial charge on any atom is 0.313 e. The van der Waals surface area contributed by atoms with Crippen molar-refractivity contribution in [1.29, 1.82) is 0 Å². The Morgan fingerprint density at radius 3 is 2.60 bits per heavy atom. The van der Waals surface area contributed by atoms with Crippen molar-refractivity contribution in [3.05, 3.63) is 48.0 Å². The molecule has 1 heterocycles. The van der Waals surface area contributed by atoms with Crippen LogP contribution >= 0.6 is 0 Å². The molecule has 134 valence electrons. The fourth-order valence-electron chi connectivity index (χ4n) is 2.91. The highest BCUT2D eigenvalue weighted by Gasteiger charge is 2.29. The summed E-state index contributed by atoms with van der Waals surface area (Å²) in [4.78, 5) is 12.4. The standard InChI is InChI=1S/C21H27NO3/c1-21(2,3)20(23)25-19(24-18-9-6-12-22-14-18)17-11-10-15-7-4-5-8-16(15)13-17/h4-5,7-8,10-11,13,18-19,22H,6,9,12,14H2,1-3H3. The monoisotopic (exact) mass is 341 g/mol. The molecule has 3 rings (SSSR count). The molecule has 1 N–H and O–H groups in total. The summed E-state index contributed by atoms with van der Waals surface area (Å²) in [7, 11) is 0. The Labute approximate surface area is 149 Å². The molecule has 2 unspecified atom stereocenters. The summed E-state index contributed by atoms with van der Waals surface area (Å²) in [5.41, 5.74) is 0.311. The van der Waals surface area contributed by atoms with Gasteiger partial charge >= 0.3 is 5.97 Å². The first-order chi connectivity index (χ1) is 11.9. The molecule has 2 aromatic carbocycles. The van der Waals surface area contributed by atoms with Crippen molar-refractivity contribution in [3.63, 3.8) is 0 Å². The van der Waals surface area contributed by atoms with Crippen molar-refractivity contribution in [2.75, 3.05) is 13.1 Å². The van der Waals surface area contributed by atoms with Gasteiger partial charge in [0.1, 0.15) is 0 Å². The van der Waals surface area contributed by atoms with Gasteiger partial charge in [-0.3, -0.25) is 4.79 Å². The number of hydrogen-bond donors (Lipinski definition) is 1. The Bertz CT molecular complexity index is 729. The maximum absolute atomic E-state index is 12.4. The summed E-state index contributed by atoms with van der Waals surface area (Å²) >= 11 is 0. The minimum absolute atomic E-state index is 0.0537. The van der Waals surface area contributed by atoms with Gasteiger partial charge in [0, 0.05) is 12.1 Å². The fourth-order valence-corrected chi connectivity index (χ4v) is 2.91. The predicted molar refractivity (Wildman–Crippen MR) is 99.2 cm³/mol. The van der Waals surface area contributed by atoms with E-state index in [2.05, 4.69) is 17.4 Å². The number of carbonyl (C=O) groups excluding carboxylic acids is 1. The SMILES string of the molecule is CC(C)(C)C(=O)OC(OC1CCCNC1)c1ccc2ccccc2c1. The lowest BCUT2D eigenvalue weighted by Crippen LogP contribution is -2.37. The van der Waals surface area contributed by atoms with Crippen LogP contribution in [0, 0.1) is 5.41 Å². The van der Waals surface area contributed by atoms with Gasteiger partial charge in [-0.25, -0.2) is 0 Å². The summed E-state index contributed by atoms with van der Waals surface area (Å²) in [5.74, 6) is -0.255. The van der Waals surface area contributed by atoms with Gasteiger partial charge in [-0.1, -0.05) is 36.4 Å². The second-order valence-corrected chi connectivity index (χ2v) is 7.70. The van der Waals surface area contributed by atoms with Crippen LogP contribution in [0.5, 0.6) is 0 Å². The molecule has 4 nitrogen and oxygen atoms in total. The molecular formula is C21H27NO3. The highest BCUT2D eigenvalue weighted by Crippen LogP contribution is 2.29. The van der Waals surface area contributed by atoms with Crippen molar-refractivity contribution in [2.45, 2.75) is 46.0 Å². The Balaban J connectivity index is 1.86. The van der Waals surface area contributed by atoms with E-state index in [9.17, 15) is 4.79 Å². The smallest absolute Gasteiger partial charge is 0.313 e. The van der Waals surface area contributed by atoms with Gasteiger partial charge in [-0.05, 0) is 57.0 Å². The van der Waals surface area contributed by atoms with E-state index in [1.807, 2.05) is 51.1 Å². The summed E-state index contributed by atoms with van der Waals surface area (Å²) in [5, 5.41) is 5.61. The summed E-state index contributed by atoms with van der Waals surface area (Å²) in [6.45, 7) is 7.37. The Morgan fingerprint density at radius 1 is 1.16 bits per heavy atom. The quantitative estimate of drug-likeness (QED) is 0.669. The van der Waals surface area contributed by atoms with Crippen molar-refractivity contribution in [1.82, 2.24) is 5.32 Å². The molecule has 2 atom stereocenters. The maximum atomic E-state index is 12.4. The number of esters is 1. The highest BCUT2D eigenvalue weighted by atomic mass is 16.7. The average Bonchev–Trinajstić information content (AvgIpc) is 2.61. The zero-order chi connectivity index (χ0) is 17.9. The van der Waals surface area contributed by atoms with Crippen LogP contribution in [0.1, 0.15) is 45.5 Å². The number of piperidine rings is 1. The molecule has 0 aromatic heterocycles. The van der Waals surface area contributed by atoms with Gasteiger partial charge in [0.15, 0.2) is 0 Å². The van der Waals surface area contributed by atoms with E-state index in [1.165, 1.54) is 0 Å². The molecule has 0 aliphatic carbocycles. The lowest BCUT2D eigenvalue weighted by molar-refractivity contribution is -0.202. The van der Waals surface area contributed by atoms with E-state index in [1.54, 1.807) is 0 Å². The van der Waals surface area contributed by atoms with Crippen LogP contribution in [-0.4, -0.2) is 25.2 Å². The Kier molecular flexibility index (Phi) is 5.40. The fraction of sp³-hybridized carbons (Fsp3) is 0.476. The second-order valence-electron chi connectivity index (χ2n) is 7.70. The van der Waals surface area contributed by atoms with E-state index in [4.69, 9.17) is 9.47 Å². The molecule has 1 fully saturated rings. The third-order valence-corrected chi connectivity index (χ3v) is 4.44. The van der Waals surface area contributed by atoms with Crippen molar-refractivity contribution < 1.29 is 14.3 Å². The topological polar surface area (TPSA) is 47.6 Å². The molecular weight excluding hydrogens is 314 g/mol. The molecule has 4 heteroatoms. The van der Waals surface area contributed by atoms with Gasteiger partial charge in [0.05, 0.1) is 11.5 Å². The van der Waals surface area contributed by atoms with E-state index in [0.717, 1.165) is 42.3 Å². The van der Waals surface area contributed by atoms with Crippen molar-refractivity contribution in [3.8, 4) is 0 Å². The Morgan fingerprint density at radius 2 is 1.92 bits per heavy atom. The van der Waals surface area contributed by atoms with Crippen LogP contribution < -0.4 is 5.32 Å². The van der Waals surface area contributed by atoms with Gasteiger partial charge < -0.3 is 14.8 Å². The number of carbonyl (C=O) groups is 1. The number of benzene rings is 2. The number of rotatable bonds is 4. The number of ether oxygens (including phenoxy) is 2. The number of nitrogens with one attached hydrogen (secondary N) is 1. The van der Waals surface area contributed by atoms with Crippen molar-refractivity contribution >= 4 is 16.7 Å². The van der Waals surface area contributed by atoms with Gasteiger partial charge in [0.2, 0.25) is 6.29 Å². The lowest BCUT2D eigenvalue weighted by atomic mass is 9.97. The van der Waals surface area contributed by atoms with Crippen molar-refractivity contribution in [2.24, 2.45) is 5.41 Å². The number of fused-ring (bicyclic) bond motifs is 1. The van der Waals surface area contributed by atoms with Crippen LogP contribution in [0.25, 0.3) is 10.8 Å². The molecule has 0 bridgehead atoms. The molecule has 1 aliphatic rings. The van der Waals surface area contributed by atoms with E-state index >= 15 is 0 Å². The van der Waals surface area contributed by atoms with E-state index in [-0.39, 0.29) is 12.1 Å². The Hall–Kier alpha value is -1.91. The third-order valence-electron chi connectivity index (χ3n) is 4.44. The first-order valence-electron chi connectivity index (χ1n) is 8.99. The normalized spacial score (nSPS) is 19.6. The highest BCUT2D eigenvalue weighted by molar-refractivity contribution is 5.83. The zero-order valence-electron chi connectivity index (χ0n) is 15.2. The van der Waals surface area contributed by atoms with Gasteiger partial charge in [0.25, 0.3) is 0 Å². The van der Waals surface area contributed by atoms with Crippen LogP contribution in [0.2, 0.25) is 0 Å². The molecule has 0 radical (unpaired) electrons. The second kappa shape index (κ2) is 7.54. The van der Waals surface area contributed by atoms with Crippen LogP contribution in [0.15, 0.2) is 42.5 Å². The third kappa shape index (κ3) is 4.59. The molecule has 25 heavy (non-hydrogen) atoms. The van der Waals surface area contributed by atoms with E-state index < -0.39 is 11.7 Å². The summed E-state index contributed by atoms with van der Waals surface area (Å²) in [6.07, 6.45) is 1.42. The predicted octanol–water partition coefficient (Wildman–Crippen LogP) is 4.20. The largest absolute Gasteiger partial charge is 0.431 e.